The minimum absolute atomic E-state index is 0.262. The Labute approximate surface area is 93.9 Å². The van der Waals surface area contributed by atoms with E-state index in [1.807, 2.05) is 11.0 Å². The maximum Gasteiger partial charge on any atom is 0.267 e. The highest BCUT2D eigenvalue weighted by molar-refractivity contribution is 5.91. The second kappa shape index (κ2) is 4.49. The van der Waals surface area contributed by atoms with Gasteiger partial charge in [-0.25, -0.2) is 0 Å². The quantitative estimate of drug-likeness (QED) is 0.744. The van der Waals surface area contributed by atoms with Crippen molar-refractivity contribution in [1.82, 2.24) is 4.98 Å². The number of amides is 1. The van der Waals surface area contributed by atoms with Crippen LogP contribution in [-0.2, 0) is 0 Å². The first kappa shape index (κ1) is 10.9. The molecule has 0 aromatic carbocycles. The molecule has 1 atom stereocenters. The van der Waals surface area contributed by atoms with Crippen LogP contribution in [0.5, 0.6) is 0 Å². The summed E-state index contributed by atoms with van der Waals surface area (Å²) < 4.78 is 0. The van der Waals surface area contributed by atoms with Crippen LogP contribution in [0.2, 0.25) is 0 Å². The summed E-state index contributed by atoms with van der Waals surface area (Å²) in [6.45, 7) is 1.49. The fraction of sp³-hybridized carbons (Fsp3) is 0.455. The number of nitrogens with zero attached hydrogens (tertiary/aromatic N) is 2. The highest BCUT2D eigenvalue weighted by Gasteiger charge is 2.18. The largest absolute Gasteiger partial charge is 0.391 e. The van der Waals surface area contributed by atoms with Crippen molar-refractivity contribution in [2.45, 2.75) is 18.9 Å². The van der Waals surface area contributed by atoms with Crippen LogP contribution in [0, 0.1) is 0 Å². The van der Waals surface area contributed by atoms with Gasteiger partial charge in [-0.15, -0.1) is 0 Å². The molecule has 86 valence electrons. The molecule has 3 N–H and O–H groups in total. The van der Waals surface area contributed by atoms with Crippen molar-refractivity contribution in [3.05, 3.63) is 24.0 Å². The number of aliphatic hydroxyl groups excluding tert-OH is 1. The predicted octanol–water partition coefficient (Wildman–Crippen LogP) is 0.142. The molecule has 16 heavy (non-hydrogen) atoms. The van der Waals surface area contributed by atoms with Gasteiger partial charge in [-0.3, -0.25) is 9.78 Å². The summed E-state index contributed by atoms with van der Waals surface area (Å²) >= 11 is 0. The molecule has 1 unspecified atom stereocenters. The first-order valence-electron chi connectivity index (χ1n) is 5.35. The fourth-order valence-electron chi connectivity index (χ4n) is 1.94. The Morgan fingerprint density at radius 2 is 2.44 bits per heavy atom. The number of anilines is 1. The molecule has 1 aliphatic rings. The van der Waals surface area contributed by atoms with Gasteiger partial charge >= 0.3 is 0 Å². The minimum atomic E-state index is -0.528. The van der Waals surface area contributed by atoms with E-state index in [-0.39, 0.29) is 11.8 Å². The van der Waals surface area contributed by atoms with E-state index in [1.54, 1.807) is 12.3 Å². The number of primary amides is 1. The molecular formula is C11H15N3O2. The third-order valence-corrected chi connectivity index (χ3v) is 2.76. The van der Waals surface area contributed by atoms with Crippen LogP contribution < -0.4 is 10.6 Å². The summed E-state index contributed by atoms with van der Waals surface area (Å²) in [5.41, 5.74) is 6.32. The second-order valence-corrected chi connectivity index (χ2v) is 4.01. The van der Waals surface area contributed by atoms with Gasteiger partial charge in [0.1, 0.15) is 5.69 Å². The molecule has 1 aromatic rings. The van der Waals surface area contributed by atoms with Gasteiger partial charge < -0.3 is 15.7 Å². The Balaban J connectivity index is 2.19. The van der Waals surface area contributed by atoms with Crippen molar-refractivity contribution in [2.24, 2.45) is 5.73 Å². The Morgan fingerprint density at radius 1 is 1.62 bits per heavy atom. The number of pyridine rings is 1. The third kappa shape index (κ3) is 2.30. The molecule has 5 heteroatoms. The van der Waals surface area contributed by atoms with Crippen molar-refractivity contribution < 1.29 is 9.90 Å². The van der Waals surface area contributed by atoms with Crippen LogP contribution in [0.3, 0.4) is 0 Å². The van der Waals surface area contributed by atoms with E-state index in [1.165, 1.54) is 0 Å². The fourth-order valence-corrected chi connectivity index (χ4v) is 1.94. The lowest BCUT2D eigenvalue weighted by Gasteiger charge is -2.31. The molecule has 1 aliphatic heterocycles. The summed E-state index contributed by atoms with van der Waals surface area (Å²) in [6.07, 6.45) is 3.06. The average Bonchev–Trinajstić information content (AvgIpc) is 2.29. The van der Waals surface area contributed by atoms with Gasteiger partial charge in [-0.2, -0.15) is 0 Å². The number of aromatic nitrogens is 1. The lowest BCUT2D eigenvalue weighted by molar-refractivity contribution is 0.0995. The number of hydrogen-bond acceptors (Lipinski definition) is 4. The van der Waals surface area contributed by atoms with Crippen LogP contribution in [0.4, 0.5) is 5.69 Å². The van der Waals surface area contributed by atoms with Crippen molar-refractivity contribution in [3.8, 4) is 0 Å². The van der Waals surface area contributed by atoms with Crippen LogP contribution in [0.25, 0.3) is 0 Å². The summed E-state index contributed by atoms with van der Waals surface area (Å²) in [6, 6.07) is 3.49. The number of rotatable bonds is 2. The Hall–Kier alpha value is -1.62. The predicted molar refractivity (Wildman–Crippen MR) is 60.2 cm³/mol. The van der Waals surface area contributed by atoms with E-state index < -0.39 is 5.91 Å². The van der Waals surface area contributed by atoms with Crippen molar-refractivity contribution >= 4 is 11.6 Å². The van der Waals surface area contributed by atoms with Gasteiger partial charge in [0.05, 0.1) is 6.10 Å². The summed E-state index contributed by atoms with van der Waals surface area (Å²) in [7, 11) is 0. The van der Waals surface area contributed by atoms with E-state index in [2.05, 4.69) is 4.98 Å². The van der Waals surface area contributed by atoms with Crippen LogP contribution in [0.1, 0.15) is 23.3 Å². The van der Waals surface area contributed by atoms with E-state index in [0.717, 1.165) is 25.1 Å². The number of carbonyl (C=O) groups is 1. The molecule has 2 heterocycles. The Morgan fingerprint density at radius 3 is 3.12 bits per heavy atom. The minimum Gasteiger partial charge on any atom is -0.391 e. The molecule has 1 fully saturated rings. The van der Waals surface area contributed by atoms with Crippen molar-refractivity contribution in [1.29, 1.82) is 0 Å². The third-order valence-electron chi connectivity index (χ3n) is 2.76. The number of β-amino-alcohol motifs (C(OH)–C–C–N with tert-alkyl or cyclic N) is 1. The van der Waals surface area contributed by atoms with E-state index in [4.69, 9.17) is 5.73 Å². The van der Waals surface area contributed by atoms with Gasteiger partial charge in [-0.05, 0) is 25.0 Å². The number of hydrogen-bond donors (Lipinski definition) is 2. The lowest BCUT2D eigenvalue weighted by Crippen LogP contribution is -2.38. The van der Waals surface area contributed by atoms with Crippen LogP contribution in [0.15, 0.2) is 18.3 Å². The molecule has 0 saturated carbocycles. The van der Waals surface area contributed by atoms with Crippen LogP contribution in [-0.4, -0.2) is 35.2 Å². The Bertz CT molecular complexity index is 395. The highest BCUT2D eigenvalue weighted by atomic mass is 16.3. The molecule has 1 amide bonds. The molecule has 0 bridgehead atoms. The van der Waals surface area contributed by atoms with Gasteiger partial charge in [0.25, 0.3) is 5.91 Å². The molecule has 0 radical (unpaired) electrons. The second-order valence-electron chi connectivity index (χ2n) is 4.01. The topological polar surface area (TPSA) is 79.5 Å². The van der Waals surface area contributed by atoms with Gasteiger partial charge in [0, 0.05) is 25.0 Å². The summed E-state index contributed by atoms with van der Waals surface area (Å²) in [5, 5.41) is 9.57. The normalized spacial score (nSPS) is 20.8. The van der Waals surface area contributed by atoms with Gasteiger partial charge in [-0.1, -0.05) is 0 Å². The van der Waals surface area contributed by atoms with E-state index in [9.17, 15) is 9.90 Å². The average molecular weight is 221 g/mol. The summed E-state index contributed by atoms with van der Waals surface area (Å²) in [4.78, 5) is 16.9. The molecule has 0 aliphatic carbocycles. The highest BCUT2D eigenvalue weighted by Crippen LogP contribution is 2.19. The van der Waals surface area contributed by atoms with Crippen LogP contribution >= 0.6 is 0 Å². The molecule has 0 spiro atoms. The standard InChI is InChI=1S/C11H15N3O2/c12-11(16)10-6-8(3-4-13-10)14-5-1-2-9(15)7-14/h3-4,6,9,15H,1-2,5,7H2,(H2,12,16). The number of nitrogens with two attached hydrogens (primary N) is 1. The molecule has 1 saturated heterocycles. The number of aliphatic hydroxyl groups is 1. The number of carbonyl (C=O) groups excluding carboxylic acids is 1. The number of piperidine rings is 1. The first-order valence-corrected chi connectivity index (χ1v) is 5.35. The molecular weight excluding hydrogens is 206 g/mol. The monoisotopic (exact) mass is 221 g/mol. The first-order chi connectivity index (χ1) is 7.66. The SMILES string of the molecule is NC(=O)c1cc(N2CCCC(O)C2)ccn1. The van der Waals surface area contributed by atoms with Crippen molar-refractivity contribution in [2.75, 3.05) is 18.0 Å². The zero-order valence-corrected chi connectivity index (χ0v) is 8.97. The van der Waals surface area contributed by atoms with Gasteiger partial charge in [0.15, 0.2) is 0 Å². The van der Waals surface area contributed by atoms with E-state index >= 15 is 0 Å². The smallest absolute Gasteiger partial charge is 0.267 e. The maximum absolute atomic E-state index is 11.0. The zero-order chi connectivity index (χ0) is 11.5. The lowest BCUT2D eigenvalue weighted by atomic mass is 10.1. The summed E-state index contributed by atoms with van der Waals surface area (Å²) in [5.74, 6) is -0.528. The van der Waals surface area contributed by atoms with E-state index in [0.29, 0.717) is 6.54 Å². The zero-order valence-electron chi connectivity index (χ0n) is 8.97. The van der Waals surface area contributed by atoms with Crippen molar-refractivity contribution in [3.63, 3.8) is 0 Å². The molecule has 5 nitrogen and oxygen atoms in total. The molecule has 1 aromatic heterocycles. The van der Waals surface area contributed by atoms with Gasteiger partial charge in [0.2, 0.25) is 0 Å². The molecule has 2 rings (SSSR count). The Kier molecular flexibility index (Phi) is 3.05. The maximum atomic E-state index is 11.0.